The van der Waals surface area contributed by atoms with Gasteiger partial charge >= 0.3 is 0 Å². The van der Waals surface area contributed by atoms with E-state index < -0.39 is 5.91 Å². The van der Waals surface area contributed by atoms with Crippen LogP contribution in [-0.2, 0) is 4.79 Å². The molecule has 0 unspecified atom stereocenters. The van der Waals surface area contributed by atoms with Crippen LogP contribution >= 0.6 is 0 Å². The molecule has 2 aromatic carbocycles. The first kappa shape index (κ1) is 16.4. The van der Waals surface area contributed by atoms with E-state index in [9.17, 15) is 9.59 Å². The lowest BCUT2D eigenvalue weighted by atomic mass is 10.2. The lowest BCUT2D eigenvalue weighted by molar-refractivity contribution is -0.120. The number of fused-ring (bicyclic) bond motifs is 1. The van der Waals surface area contributed by atoms with Gasteiger partial charge in [0, 0.05) is 5.56 Å². The molecule has 3 rings (SSSR count). The minimum Gasteiger partial charge on any atom is -0.454 e. The lowest BCUT2D eigenvalue weighted by Gasteiger charge is -2.11. The van der Waals surface area contributed by atoms with Gasteiger partial charge in [-0.15, -0.1) is 0 Å². The molecule has 1 aliphatic heterocycles. The number of carbonyl (C=O) groups is 2. The Morgan fingerprint density at radius 1 is 0.960 bits per heavy atom. The molecule has 0 spiro atoms. The van der Waals surface area contributed by atoms with Crippen LogP contribution in [0.25, 0.3) is 5.70 Å². The molecule has 0 bridgehead atoms. The standard InChI is InChI=1S/C18H17N3O4/c1-12(13-5-3-2-4-6-13)20-21-17(22)10-19-18(23)14-7-8-15-16(9-14)25-11-24-15/h2-9,20H,1,10-11H2,(H,19,23)(H,21,22). The molecule has 2 aromatic rings. The summed E-state index contributed by atoms with van der Waals surface area (Å²) in [6.45, 7) is 3.79. The van der Waals surface area contributed by atoms with Crippen molar-refractivity contribution >= 4 is 17.5 Å². The molecule has 1 heterocycles. The topological polar surface area (TPSA) is 88.7 Å². The number of benzene rings is 2. The monoisotopic (exact) mass is 339 g/mol. The maximum Gasteiger partial charge on any atom is 0.257 e. The first-order valence-electron chi connectivity index (χ1n) is 7.60. The molecule has 0 fully saturated rings. The van der Waals surface area contributed by atoms with Crippen molar-refractivity contribution in [1.82, 2.24) is 16.2 Å². The molecular weight excluding hydrogens is 322 g/mol. The van der Waals surface area contributed by atoms with E-state index in [1.807, 2.05) is 30.3 Å². The van der Waals surface area contributed by atoms with Gasteiger partial charge in [0.25, 0.3) is 11.8 Å². The van der Waals surface area contributed by atoms with Gasteiger partial charge in [0.2, 0.25) is 6.79 Å². The summed E-state index contributed by atoms with van der Waals surface area (Å²) in [4.78, 5) is 23.9. The average molecular weight is 339 g/mol. The Bertz CT molecular complexity index is 805. The zero-order valence-electron chi connectivity index (χ0n) is 13.4. The quantitative estimate of drug-likeness (QED) is 0.693. The molecule has 0 aliphatic carbocycles. The highest BCUT2D eigenvalue weighted by atomic mass is 16.7. The van der Waals surface area contributed by atoms with Gasteiger partial charge in [-0.3, -0.25) is 20.4 Å². The number of nitrogens with one attached hydrogen (secondary N) is 3. The first-order chi connectivity index (χ1) is 12.1. The molecule has 25 heavy (non-hydrogen) atoms. The molecule has 0 atom stereocenters. The van der Waals surface area contributed by atoms with Crippen LogP contribution in [0.3, 0.4) is 0 Å². The summed E-state index contributed by atoms with van der Waals surface area (Å²) >= 11 is 0. The minimum atomic E-state index is -0.397. The van der Waals surface area contributed by atoms with Crippen LogP contribution in [0.5, 0.6) is 11.5 Å². The van der Waals surface area contributed by atoms with E-state index in [1.54, 1.807) is 18.2 Å². The Labute approximate surface area is 144 Å². The highest BCUT2D eigenvalue weighted by molar-refractivity contribution is 5.97. The Morgan fingerprint density at radius 2 is 1.72 bits per heavy atom. The Kier molecular flexibility index (Phi) is 4.84. The molecule has 0 saturated carbocycles. The largest absolute Gasteiger partial charge is 0.454 e. The second-order valence-electron chi connectivity index (χ2n) is 5.27. The van der Waals surface area contributed by atoms with Gasteiger partial charge < -0.3 is 14.8 Å². The van der Waals surface area contributed by atoms with Gasteiger partial charge in [-0.25, -0.2) is 0 Å². The fraction of sp³-hybridized carbons (Fsp3) is 0.111. The van der Waals surface area contributed by atoms with Crippen LogP contribution in [0.15, 0.2) is 55.1 Å². The Balaban J connectivity index is 1.46. The minimum absolute atomic E-state index is 0.139. The summed E-state index contributed by atoms with van der Waals surface area (Å²) < 4.78 is 10.4. The fourth-order valence-corrected chi connectivity index (χ4v) is 2.20. The van der Waals surface area contributed by atoms with Crippen LogP contribution in [0.4, 0.5) is 0 Å². The van der Waals surface area contributed by atoms with Crippen molar-refractivity contribution < 1.29 is 19.1 Å². The zero-order valence-corrected chi connectivity index (χ0v) is 13.4. The second kappa shape index (κ2) is 7.39. The number of hydrazine groups is 1. The van der Waals surface area contributed by atoms with Gasteiger partial charge in [-0.1, -0.05) is 36.9 Å². The summed E-state index contributed by atoms with van der Waals surface area (Å²) in [5, 5.41) is 2.54. The molecule has 3 N–H and O–H groups in total. The third-order valence-electron chi connectivity index (χ3n) is 3.52. The van der Waals surface area contributed by atoms with Crippen molar-refractivity contribution in [3.63, 3.8) is 0 Å². The molecule has 0 radical (unpaired) electrons. The van der Waals surface area contributed by atoms with Gasteiger partial charge in [-0.05, 0) is 23.8 Å². The van der Waals surface area contributed by atoms with Gasteiger partial charge in [0.05, 0.1) is 12.2 Å². The van der Waals surface area contributed by atoms with Crippen molar-refractivity contribution in [2.45, 2.75) is 0 Å². The number of carbonyl (C=O) groups excluding carboxylic acids is 2. The highest BCUT2D eigenvalue weighted by Crippen LogP contribution is 2.32. The van der Waals surface area contributed by atoms with Crippen LogP contribution in [0.2, 0.25) is 0 Å². The number of hydrogen-bond acceptors (Lipinski definition) is 5. The summed E-state index contributed by atoms with van der Waals surface area (Å²) in [7, 11) is 0. The van der Waals surface area contributed by atoms with Gasteiger partial charge in [0.15, 0.2) is 11.5 Å². The summed E-state index contributed by atoms with van der Waals surface area (Å²) in [5.74, 6) is 0.331. The second-order valence-corrected chi connectivity index (χ2v) is 5.27. The van der Waals surface area contributed by atoms with Crippen LogP contribution in [0.1, 0.15) is 15.9 Å². The van der Waals surface area contributed by atoms with Crippen LogP contribution < -0.4 is 25.6 Å². The first-order valence-corrected chi connectivity index (χ1v) is 7.60. The predicted octanol–water partition coefficient (Wildman–Crippen LogP) is 1.44. The van der Waals surface area contributed by atoms with Crippen LogP contribution in [0, 0.1) is 0 Å². The zero-order chi connectivity index (χ0) is 17.6. The van der Waals surface area contributed by atoms with Crippen molar-refractivity contribution in [2.75, 3.05) is 13.3 Å². The van der Waals surface area contributed by atoms with Crippen molar-refractivity contribution in [2.24, 2.45) is 0 Å². The molecular formula is C18H17N3O4. The fourth-order valence-electron chi connectivity index (χ4n) is 2.20. The number of hydrogen-bond donors (Lipinski definition) is 3. The third-order valence-corrected chi connectivity index (χ3v) is 3.52. The SMILES string of the molecule is C=C(NNC(=O)CNC(=O)c1ccc2c(c1)OCO2)c1ccccc1. The highest BCUT2D eigenvalue weighted by Gasteiger charge is 2.16. The van der Waals surface area contributed by atoms with Crippen LogP contribution in [-0.4, -0.2) is 25.2 Å². The number of ether oxygens (including phenoxy) is 2. The van der Waals surface area contributed by atoms with E-state index >= 15 is 0 Å². The number of rotatable bonds is 6. The maximum absolute atomic E-state index is 12.1. The van der Waals surface area contributed by atoms with Crippen molar-refractivity contribution in [3.05, 3.63) is 66.2 Å². The van der Waals surface area contributed by atoms with E-state index in [4.69, 9.17) is 9.47 Å². The molecule has 1 aliphatic rings. The average Bonchev–Trinajstić information content (AvgIpc) is 3.12. The van der Waals surface area contributed by atoms with Gasteiger partial charge in [0.1, 0.15) is 0 Å². The smallest absolute Gasteiger partial charge is 0.257 e. The van der Waals surface area contributed by atoms with E-state index in [0.29, 0.717) is 22.8 Å². The molecule has 0 aromatic heterocycles. The molecule has 7 nitrogen and oxygen atoms in total. The summed E-state index contributed by atoms with van der Waals surface area (Å²) in [6, 6.07) is 14.2. The van der Waals surface area contributed by atoms with Crippen molar-refractivity contribution in [3.8, 4) is 11.5 Å². The summed E-state index contributed by atoms with van der Waals surface area (Å²) in [6.07, 6.45) is 0. The maximum atomic E-state index is 12.1. The summed E-state index contributed by atoms with van der Waals surface area (Å²) in [5.41, 5.74) is 6.99. The van der Waals surface area contributed by atoms with E-state index in [0.717, 1.165) is 5.56 Å². The van der Waals surface area contributed by atoms with E-state index in [-0.39, 0.29) is 19.2 Å². The van der Waals surface area contributed by atoms with E-state index in [2.05, 4.69) is 22.7 Å². The van der Waals surface area contributed by atoms with Gasteiger partial charge in [-0.2, -0.15) is 0 Å². The third kappa shape index (κ3) is 4.08. The molecule has 128 valence electrons. The Morgan fingerprint density at radius 3 is 2.52 bits per heavy atom. The molecule has 0 saturated heterocycles. The Hall–Kier alpha value is -3.48. The molecule has 2 amide bonds. The normalized spacial score (nSPS) is 11.5. The predicted molar refractivity (Wildman–Crippen MR) is 91.7 cm³/mol. The van der Waals surface area contributed by atoms with Crippen molar-refractivity contribution in [1.29, 1.82) is 0 Å². The number of amides is 2. The van der Waals surface area contributed by atoms with E-state index in [1.165, 1.54) is 0 Å². The lowest BCUT2D eigenvalue weighted by Crippen LogP contribution is -2.42. The molecule has 7 heteroatoms.